The molecule has 4 aromatic rings. The lowest BCUT2D eigenvalue weighted by molar-refractivity contribution is 0.0599. The van der Waals surface area contributed by atoms with Crippen LogP contribution < -0.4 is 0 Å². The Labute approximate surface area is 170 Å². The summed E-state index contributed by atoms with van der Waals surface area (Å²) in [5, 5.41) is 9.40. The van der Waals surface area contributed by atoms with Crippen LogP contribution in [-0.2, 0) is 4.74 Å². The van der Waals surface area contributed by atoms with Gasteiger partial charge in [0.15, 0.2) is 5.78 Å². The van der Waals surface area contributed by atoms with Crippen molar-refractivity contribution in [1.82, 2.24) is 20.2 Å². The molecule has 3 aromatic heterocycles. The molecule has 2 N–H and O–H groups in total. The molecule has 0 amide bonds. The van der Waals surface area contributed by atoms with E-state index in [2.05, 4.69) is 20.2 Å². The number of aromatic nitrogens is 4. The van der Waals surface area contributed by atoms with Gasteiger partial charge < -0.3 is 19.1 Å². The van der Waals surface area contributed by atoms with E-state index in [-0.39, 0.29) is 11.5 Å². The maximum atomic E-state index is 12.6. The summed E-state index contributed by atoms with van der Waals surface area (Å²) in [5.74, 6) is -0.158. The summed E-state index contributed by atoms with van der Waals surface area (Å²) in [6.07, 6.45) is 1.82. The van der Waals surface area contributed by atoms with Gasteiger partial charge in [0.1, 0.15) is 0 Å². The van der Waals surface area contributed by atoms with Gasteiger partial charge in [0.25, 0.3) is 11.1 Å². The summed E-state index contributed by atoms with van der Waals surface area (Å²) >= 11 is 1.15. The summed E-state index contributed by atoms with van der Waals surface area (Å²) in [4.78, 5) is 30.7. The smallest absolute Gasteiger partial charge is 0.339 e. The molecule has 0 radical (unpaired) electrons. The number of para-hydroxylation sites is 1. The Bertz CT molecular complexity index is 1220. The first-order chi connectivity index (χ1) is 14.0. The number of benzene rings is 1. The fraction of sp³-hybridized carbons (Fsp3) is 0.200. The number of aromatic amines is 2. The van der Waals surface area contributed by atoms with Crippen molar-refractivity contribution < 1.29 is 18.7 Å². The minimum Gasteiger partial charge on any atom is -0.465 e. The summed E-state index contributed by atoms with van der Waals surface area (Å²) in [6.45, 7) is 3.45. The van der Waals surface area contributed by atoms with Crippen LogP contribution in [0.2, 0.25) is 0 Å². The van der Waals surface area contributed by atoms with Crippen LogP contribution in [0, 0.1) is 13.8 Å². The second kappa shape index (κ2) is 7.59. The molecule has 0 atom stereocenters. The Hall–Kier alpha value is -3.33. The number of nitrogens with zero attached hydrogens (tertiary/aromatic N) is 2. The molecule has 0 saturated heterocycles. The predicted molar refractivity (Wildman–Crippen MR) is 108 cm³/mol. The summed E-state index contributed by atoms with van der Waals surface area (Å²) < 4.78 is 10.5. The van der Waals surface area contributed by atoms with Crippen molar-refractivity contribution in [2.45, 2.75) is 19.1 Å². The molecule has 9 heteroatoms. The molecule has 148 valence electrons. The van der Waals surface area contributed by atoms with Crippen molar-refractivity contribution >= 4 is 34.4 Å². The van der Waals surface area contributed by atoms with Crippen molar-refractivity contribution in [3.63, 3.8) is 0 Å². The first kappa shape index (κ1) is 19.0. The Balaban J connectivity index is 1.49. The van der Waals surface area contributed by atoms with Crippen LogP contribution >= 0.6 is 11.8 Å². The minimum atomic E-state index is -0.469. The van der Waals surface area contributed by atoms with E-state index in [0.717, 1.165) is 28.2 Å². The number of esters is 1. The van der Waals surface area contributed by atoms with E-state index < -0.39 is 5.97 Å². The minimum absolute atomic E-state index is 0.0942. The van der Waals surface area contributed by atoms with Gasteiger partial charge in [0.05, 0.1) is 29.7 Å². The fourth-order valence-electron chi connectivity index (χ4n) is 3.26. The first-order valence-electron chi connectivity index (χ1n) is 8.83. The van der Waals surface area contributed by atoms with Crippen molar-refractivity contribution in [2.24, 2.45) is 0 Å². The van der Waals surface area contributed by atoms with Crippen LogP contribution in [0.4, 0.5) is 0 Å². The number of H-pyrrole nitrogens is 2. The van der Waals surface area contributed by atoms with Gasteiger partial charge in [0.2, 0.25) is 0 Å². The predicted octanol–water partition coefficient (Wildman–Crippen LogP) is 3.92. The number of hydrogen-bond donors (Lipinski definition) is 2. The number of nitrogens with one attached hydrogen (secondary N) is 2. The van der Waals surface area contributed by atoms with Crippen LogP contribution in [0.15, 0.2) is 40.1 Å². The summed E-state index contributed by atoms with van der Waals surface area (Å²) in [6, 6.07) is 7.82. The van der Waals surface area contributed by atoms with Gasteiger partial charge in [-0.25, -0.2) is 4.79 Å². The number of thioether (sulfide) groups is 1. The zero-order valence-corrected chi connectivity index (χ0v) is 16.8. The molecule has 0 fully saturated rings. The maximum Gasteiger partial charge on any atom is 0.339 e. The van der Waals surface area contributed by atoms with Crippen molar-refractivity contribution in [1.29, 1.82) is 0 Å². The lowest BCUT2D eigenvalue weighted by Gasteiger charge is -2.00. The molecule has 8 nitrogen and oxygen atoms in total. The molecule has 3 heterocycles. The van der Waals surface area contributed by atoms with E-state index >= 15 is 0 Å². The van der Waals surface area contributed by atoms with Crippen molar-refractivity contribution in [2.75, 3.05) is 12.9 Å². The lowest BCUT2D eigenvalue weighted by Crippen LogP contribution is -2.07. The number of rotatable bonds is 6. The second-order valence-corrected chi connectivity index (χ2v) is 7.38. The topological polar surface area (TPSA) is 114 Å². The summed E-state index contributed by atoms with van der Waals surface area (Å²) in [5.41, 5.74) is 3.73. The van der Waals surface area contributed by atoms with E-state index in [9.17, 15) is 9.59 Å². The Morgan fingerprint density at radius 2 is 2.00 bits per heavy atom. The van der Waals surface area contributed by atoms with E-state index in [1.165, 1.54) is 7.11 Å². The summed E-state index contributed by atoms with van der Waals surface area (Å²) in [7, 11) is 1.31. The quantitative estimate of drug-likeness (QED) is 0.281. The Morgan fingerprint density at radius 3 is 2.79 bits per heavy atom. The molecule has 0 bridgehead atoms. The molecular formula is C20H18N4O4S. The standard InChI is InChI=1S/C20H18N4O4S/c1-10-16(19(26)27-3)11(2)22-17(10)15(25)9-29-20-24-23-18(28-20)13-8-21-14-7-5-4-6-12(13)14/h4-8,21-22H,9H2,1-3H3. The van der Waals surface area contributed by atoms with Crippen LogP contribution in [0.5, 0.6) is 0 Å². The number of fused-ring (bicyclic) bond motifs is 1. The van der Waals surface area contributed by atoms with E-state index in [1.807, 2.05) is 30.5 Å². The van der Waals surface area contributed by atoms with Crippen molar-refractivity contribution in [3.8, 4) is 11.5 Å². The van der Waals surface area contributed by atoms with Gasteiger partial charge in [-0.05, 0) is 25.5 Å². The number of carbonyl (C=O) groups excluding carboxylic acids is 2. The highest BCUT2D eigenvalue weighted by Gasteiger charge is 2.23. The zero-order chi connectivity index (χ0) is 20.5. The Kier molecular flexibility index (Phi) is 4.98. The molecule has 0 saturated carbocycles. The average Bonchev–Trinajstić information content (AvgIpc) is 3.42. The molecule has 29 heavy (non-hydrogen) atoms. The monoisotopic (exact) mass is 410 g/mol. The van der Waals surface area contributed by atoms with Crippen LogP contribution in [0.1, 0.15) is 32.1 Å². The number of ether oxygens (including phenoxy) is 1. The van der Waals surface area contributed by atoms with Gasteiger partial charge >= 0.3 is 5.97 Å². The van der Waals surface area contributed by atoms with Gasteiger partial charge in [-0.1, -0.05) is 30.0 Å². The third kappa shape index (κ3) is 3.44. The van der Waals surface area contributed by atoms with Gasteiger partial charge in [0, 0.05) is 22.8 Å². The number of ketones is 1. The SMILES string of the molecule is COC(=O)c1c(C)[nH]c(C(=O)CSc2nnc(-c3c[nH]c4ccccc34)o2)c1C. The Morgan fingerprint density at radius 1 is 1.21 bits per heavy atom. The molecule has 4 rings (SSSR count). The van der Waals surface area contributed by atoms with Crippen LogP contribution in [0.3, 0.4) is 0 Å². The third-order valence-electron chi connectivity index (χ3n) is 4.66. The molecule has 0 aliphatic heterocycles. The molecular weight excluding hydrogens is 392 g/mol. The third-order valence-corrected chi connectivity index (χ3v) is 5.48. The van der Waals surface area contributed by atoms with E-state index in [1.54, 1.807) is 13.8 Å². The van der Waals surface area contributed by atoms with Crippen LogP contribution in [-0.4, -0.2) is 44.8 Å². The second-order valence-electron chi connectivity index (χ2n) is 6.45. The molecule has 0 spiro atoms. The van der Waals surface area contributed by atoms with Crippen molar-refractivity contribution in [3.05, 3.63) is 53.0 Å². The highest BCUT2D eigenvalue weighted by molar-refractivity contribution is 7.99. The first-order valence-corrected chi connectivity index (χ1v) is 9.81. The van der Waals surface area contributed by atoms with Gasteiger partial charge in [-0.15, -0.1) is 10.2 Å². The number of carbonyl (C=O) groups is 2. The number of Topliss-reactive ketones (excluding diaryl/α,β-unsaturated/α-hetero) is 1. The molecule has 0 aliphatic carbocycles. The zero-order valence-electron chi connectivity index (χ0n) is 16.0. The average molecular weight is 410 g/mol. The largest absolute Gasteiger partial charge is 0.465 e. The maximum absolute atomic E-state index is 12.6. The van der Waals surface area contributed by atoms with Crippen LogP contribution in [0.25, 0.3) is 22.4 Å². The van der Waals surface area contributed by atoms with E-state index in [0.29, 0.717) is 33.6 Å². The molecule has 1 aromatic carbocycles. The number of hydrogen-bond acceptors (Lipinski definition) is 7. The highest BCUT2D eigenvalue weighted by Crippen LogP contribution is 2.30. The number of methoxy groups -OCH3 is 1. The highest BCUT2D eigenvalue weighted by atomic mass is 32.2. The lowest BCUT2D eigenvalue weighted by atomic mass is 10.1. The fourth-order valence-corrected chi connectivity index (χ4v) is 3.90. The van der Waals surface area contributed by atoms with Gasteiger partial charge in [-0.2, -0.15) is 0 Å². The molecule has 0 aliphatic rings. The molecule has 0 unspecified atom stereocenters. The van der Waals surface area contributed by atoms with Gasteiger partial charge in [-0.3, -0.25) is 4.79 Å². The normalized spacial score (nSPS) is 11.1. The number of aryl methyl sites for hydroxylation is 1. The van der Waals surface area contributed by atoms with E-state index in [4.69, 9.17) is 9.15 Å².